The van der Waals surface area contributed by atoms with Crippen LogP contribution >= 0.6 is 0 Å². The zero-order valence-electron chi connectivity index (χ0n) is 14.4. The number of carbonyl (C=O) groups excluding carboxylic acids is 1. The number of aryl methyl sites for hydroxylation is 2. The van der Waals surface area contributed by atoms with Crippen LogP contribution in [0.2, 0.25) is 0 Å². The predicted octanol–water partition coefficient (Wildman–Crippen LogP) is 3.66. The van der Waals surface area contributed by atoms with Crippen LogP contribution in [0.15, 0.2) is 47.0 Å². The number of para-hydroxylation sites is 1. The highest BCUT2D eigenvalue weighted by Gasteiger charge is 2.29. The summed E-state index contributed by atoms with van der Waals surface area (Å²) in [5.41, 5.74) is 3.63. The minimum Gasteiger partial charge on any atom is -0.451 e. The molecule has 0 N–H and O–H groups in total. The lowest BCUT2D eigenvalue weighted by Crippen LogP contribution is -2.42. The summed E-state index contributed by atoms with van der Waals surface area (Å²) in [5, 5.41) is 0.986. The number of carbonyl (C=O) groups is 1. The van der Waals surface area contributed by atoms with E-state index in [1.807, 2.05) is 55.1 Å². The van der Waals surface area contributed by atoms with Gasteiger partial charge in [0.05, 0.1) is 13.2 Å². The monoisotopic (exact) mass is 336 g/mol. The van der Waals surface area contributed by atoms with Crippen molar-refractivity contribution in [3.63, 3.8) is 0 Å². The van der Waals surface area contributed by atoms with Gasteiger partial charge in [-0.3, -0.25) is 9.78 Å². The minimum absolute atomic E-state index is 0.0761. The second kappa shape index (κ2) is 6.33. The molecule has 1 amide bonds. The fraction of sp³-hybridized carbons (Fsp3) is 0.300. The van der Waals surface area contributed by atoms with Gasteiger partial charge in [0.15, 0.2) is 5.76 Å². The maximum absolute atomic E-state index is 13.0. The van der Waals surface area contributed by atoms with Gasteiger partial charge in [0.1, 0.15) is 11.7 Å². The number of benzene rings is 1. The molecule has 1 atom stereocenters. The number of amides is 1. The molecule has 0 radical (unpaired) electrons. The average molecular weight is 336 g/mol. The average Bonchev–Trinajstić information content (AvgIpc) is 2.98. The number of ether oxygens (including phenoxy) is 1. The van der Waals surface area contributed by atoms with Crippen LogP contribution in [0, 0.1) is 13.8 Å². The zero-order chi connectivity index (χ0) is 17.4. The largest absolute Gasteiger partial charge is 0.451 e. The lowest BCUT2D eigenvalue weighted by Gasteiger charge is -2.32. The molecule has 0 spiro atoms. The summed E-state index contributed by atoms with van der Waals surface area (Å²) in [5.74, 6) is 0.348. The molecule has 25 heavy (non-hydrogen) atoms. The predicted molar refractivity (Wildman–Crippen MR) is 94.5 cm³/mol. The first-order chi connectivity index (χ1) is 12.1. The van der Waals surface area contributed by atoms with Gasteiger partial charge in [-0.1, -0.05) is 18.2 Å². The molecular weight excluding hydrogens is 316 g/mol. The molecule has 0 saturated carbocycles. The fourth-order valence-corrected chi connectivity index (χ4v) is 3.33. The molecule has 3 aromatic rings. The van der Waals surface area contributed by atoms with Crippen LogP contribution in [0.1, 0.15) is 33.5 Å². The number of aromatic nitrogens is 1. The maximum Gasteiger partial charge on any atom is 0.290 e. The second-order valence-corrected chi connectivity index (χ2v) is 6.39. The van der Waals surface area contributed by atoms with Gasteiger partial charge in [-0.2, -0.15) is 0 Å². The number of furan rings is 1. The Hall–Kier alpha value is -2.66. The van der Waals surface area contributed by atoms with E-state index in [9.17, 15) is 4.79 Å². The Labute approximate surface area is 146 Å². The van der Waals surface area contributed by atoms with Crippen molar-refractivity contribution < 1.29 is 13.9 Å². The van der Waals surface area contributed by atoms with Gasteiger partial charge < -0.3 is 14.1 Å². The Morgan fingerprint density at radius 3 is 2.88 bits per heavy atom. The normalized spacial score (nSPS) is 17.8. The van der Waals surface area contributed by atoms with E-state index in [0.717, 1.165) is 27.8 Å². The van der Waals surface area contributed by atoms with Crippen molar-refractivity contribution in [1.29, 1.82) is 0 Å². The molecule has 1 fully saturated rings. The summed E-state index contributed by atoms with van der Waals surface area (Å²) in [6.07, 6.45) is 1.64. The van der Waals surface area contributed by atoms with Gasteiger partial charge in [0.25, 0.3) is 5.91 Å². The highest BCUT2D eigenvalue weighted by Crippen LogP contribution is 2.28. The van der Waals surface area contributed by atoms with E-state index >= 15 is 0 Å². The number of fused-ring (bicyclic) bond motifs is 1. The third-order valence-electron chi connectivity index (χ3n) is 4.68. The highest BCUT2D eigenvalue weighted by atomic mass is 16.5. The molecule has 4 rings (SSSR count). The van der Waals surface area contributed by atoms with Crippen LogP contribution < -0.4 is 0 Å². The van der Waals surface area contributed by atoms with Gasteiger partial charge in [-0.05, 0) is 37.6 Å². The lowest BCUT2D eigenvalue weighted by molar-refractivity contribution is -0.0238. The molecule has 0 bridgehead atoms. The van der Waals surface area contributed by atoms with E-state index in [2.05, 4.69) is 4.98 Å². The van der Waals surface area contributed by atoms with Crippen molar-refractivity contribution in [3.8, 4) is 0 Å². The summed E-state index contributed by atoms with van der Waals surface area (Å²) < 4.78 is 11.7. The Morgan fingerprint density at radius 1 is 1.24 bits per heavy atom. The number of hydrogen-bond acceptors (Lipinski definition) is 4. The van der Waals surface area contributed by atoms with E-state index in [1.165, 1.54) is 0 Å². The standard InChI is InChI=1S/C20H20N2O3/c1-13-11-15(7-8-21-13)18-12-22(9-10-24-18)20(23)19-14(2)16-5-3-4-6-17(16)25-19/h3-8,11,18H,9-10,12H2,1-2H3/t18-/m0/s1. The quantitative estimate of drug-likeness (QED) is 0.717. The zero-order valence-corrected chi connectivity index (χ0v) is 14.4. The molecule has 5 heteroatoms. The number of nitrogens with zero attached hydrogens (tertiary/aromatic N) is 2. The topological polar surface area (TPSA) is 55.6 Å². The van der Waals surface area contributed by atoms with Crippen molar-refractivity contribution in [2.75, 3.05) is 19.7 Å². The molecule has 1 aliphatic rings. The molecule has 1 aromatic carbocycles. The van der Waals surface area contributed by atoms with E-state index < -0.39 is 0 Å². The number of morpholine rings is 1. The Kier molecular flexibility index (Phi) is 4.01. The van der Waals surface area contributed by atoms with E-state index in [-0.39, 0.29) is 12.0 Å². The SMILES string of the molecule is Cc1cc([C@@H]2CN(C(=O)c3oc4ccccc4c3C)CCO2)ccn1. The molecule has 0 aliphatic carbocycles. The van der Waals surface area contributed by atoms with E-state index in [1.54, 1.807) is 6.20 Å². The molecular formula is C20H20N2O3. The molecule has 1 saturated heterocycles. The first-order valence-electron chi connectivity index (χ1n) is 8.45. The Bertz CT molecular complexity index is 932. The lowest BCUT2D eigenvalue weighted by atomic mass is 10.1. The van der Waals surface area contributed by atoms with Gasteiger partial charge in [0.2, 0.25) is 0 Å². The summed E-state index contributed by atoms with van der Waals surface area (Å²) in [7, 11) is 0. The van der Waals surface area contributed by atoms with Crippen molar-refractivity contribution in [2.45, 2.75) is 20.0 Å². The van der Waals surface area contributed by atoms with Crippen LogP contribution in [0.25, 0.3) is 11.0 Å². The molecule has 0 unspecified atom stereocenters. The Morgan fingerprint density at radius 2 is 2.08 bits per heavy atom. The molecule has 3 heterocycles. The Balaban J connectivity index is 1.60. The maximum atomic E-state index is 13.0. The molecule has 2 aromatic heterocycles. The van der Waals surface area contributed by atoms with E-state index in [0.29, 0.717) is 25.5 Å². The molecule has 5 nitrogen and oxygen atoms in total. The van der Waals surface area contributed by atoms with Crippen LogP contribution in [0.5, 0.6) is 0 Å². The highest BCUT2D eigenvalue weighted by molar-refractivity contribution is 5.99. The summed E-state index contributed by atoms with van der Waals surface area (Å²) in [4.78, 5) is 19.0. The van der Waals surface area contributed by atoms with Crippen LogP contribution in [0.3, 0.4) is 0 Å². The summed E-state index contributed by atoms with van der Waals surface area (Å²) in [6.45, 7) is 5.47. The fourth-order valence-electron chi connectivity index (χ4n) is 3.33. The third kappa shape index (κ3) is 2.91. The van der Waals surface area contributed by atoms with Crippen molar-refractivity contribution in [3.05, 3.63) is 65.2 Å². The van der Waals surface area contributed by atoms with Crippen molar-refractivity contribution >= 4 is 16.9 Å². The summed E-state index contributed by atoms with van der Waals surface area (Å²) in [6, 6.07) is 11.7. The number of rotatable bonds is 2. The number of pyridine rings is 1. The minimum atomic E-state index is -0.135. The molecule has 1 aliphatic heterocycles. The van der Waals surface area contributed by atoms with Crippen LogP contribution in [-0.2, 0) is 4.74 Å². The van der Waals surface area contributed by atoms with Crippen molar-refractivity contribution in [1.82, 2.24) is 9.88 Å². The first kappa shape index (κ1) is 15.8. The van der Waals surface area contributed by atoms with Gasteiger partial charge in [-0.15, -0.1) is 0 Å². The van der Waals surface area contributed by atoms with Crippen molar-refractivity contribution in [2.24, 2.45) is 0 Å². The number of hydrogen-bond donors (Lipinski definition) is 0. The third-order valence-corrected chi connectivity index (χ3v) is 4.68. The smallest absolute Gasteiger partial charge is 0.290 e. The second-order valence-electron chi connectivity index (χ2n) is 6.39. The van der Waals surface area contributed by atoms with Crippen LogP contribution in [0.4, 0.5) is 0 Å². The van der Waals surface area contributed by atoms with E-state index in [4.69, 9.17) is 9.15 Å². The van der Waals surface area contributed by atoms with Gasteiger partial charge >= 0.3 is 0 Å². The van der Waals surface area contributed by atoms with Crippen LogP contribution in [-0.4, -0.2) is 35.5 Å². The van der Waals surface area contributed by atoms with Gasteiger partial charge in [0, 0.05) is 29.4 Å². The first-order valence-corrected chi connectivity index (χ1v) is 8.45. The summed E-state index contributed by atoms with van der Waals surface area (Å²) >= 11 is 0. The van der Waals surface area contributed by atoms with Gasteiger partial charge in [-0.25, -0.2) is 0 Å². The molecule has 128 valence electrons.